The Labute approximate surface area is 109 Å². The second kappa shape index (κ2) is 7.95. The monoisotopic (exact) mass is 303 g/mol. The van der Waals surface area contributed by atoms with E-state index in [4.69, 9.17) is 0 Å². The molecule has 0 aromatic heterocycles. The molecule has 1 rings (SSSR count). The van der Waals surface area contributed by atoms with Crippen molar-refractivity contribution >= 4 is 33.3 Å². The zero-order valence-electron chi connectivity index (χ0n) is 10.0. The average Bonchev–Trinajstić information content (AvgIpc) is 2.26. The van der Waals surface area contributed by atoms with E-state index in [0.717, 1.165) is 0 Å². The second-order valence-corrected chi connectivity index (χ2v) is 3.88. The second-order valence-electron chi connectivity index (χ2n) is 3.03. The van der Waals surface area contributed by atoms with Crippen molar-refractivity contribution in [1.29, 1.82) is 0 Å². The van der Waals surface area contributed by atoms with Crippen LogP contribution in [0.3, 0.4) is 0 Å². The van der Waals surface area contributed by atoms with Crippen LogP contribution in [0.5, 0.6) is 0 Å². The van der Waals surface area contributed by atoms with Gasteiger partial charge < -0.3 is 5.32 Å². The number of hydrogen-bond donors (Lipinski definition) is 1. The first-order valence-corrected chi connectivity index (χ1v) is 6.03. The molecule has 0 fully saturated rings. The highest BCUT2D eigenvalue weighted by molar-refractivity contribution is 9.10. The summed E-state index contributed by atoms with van der Waals surface area (Å²) in [5, 5.41) is 2.32. The first-order valence-electron chi connectivity index (χ1n) is 5.24. The van der Waals surface area contributed by atoms with Crippen LogP contribution in [-0.2, 0) is 9.59 Å². The molecule has 0 spiro atoms. The highest BCUT2D eigenvalue weighted by Gasteiger charge is 2.10. The van der Waals surface area contributed by atoms with Crippen LogP contribution < -0.4 is 5.32 Å². The van der Waals surface area contributed by atoms with Gasteiger partial charge in [0.1, 0.15) is 5.78 Å². The Balaban J connectivity index is 0.00000121. The van der Waals surface area contributed by atoms with Gasteiger partial charge >= 0.3 is 0 Å². The van der Waals surface area contributed by atoms with Crippen molar-refractivity contribution in [1.82, 2.24) is 0 Å². The lowest BCUT2D eigenvalue weighted by molar-refractivity contribution is -0.124. The number of ketones is 1. The van der Waals surface area contributed by atoms with Gasteiger partial charge in [-0.3, -0.25) is 9.59 Å². The van der Waals surface area contributed by atoms with Gasteiger partial charge in [-0.15, -0.1) is 0 Å². The maximum absolute atomic E-state index is 13.4. The molecule has 1 aromatic rings. The zero-order chi connectivity index (χ0) is 13.4. The largest absolute Gasteiger partial charge is 0.323 e. The van der Waals surface area contributed by atoms with Crippen LogP contribution in [0, 0.1) is 5.82 Å². The van der Waals surface area contributed by atoms with E-state index >= 15 is 0 Å². The molecule has 0 saturated heterocycles. The van der Waals surface area contributed by atoms with Gasteiger partial charge in [0, 0.05) is 0 Å². The Morgan fingerprint density at radius 3 is 2.47 bits per heavy atom. The number of halogens is 2. The third kappa shape index (κ3) is 5.58. The van der Waals surface area contributed by atoms with Crippen molar-refractivity contribution in [3.63, 3.8) is 0 Å². The average molecular weight is 304 g/mol. The van der Waals surface area contributed by atoms with Crippen LogP contribution in [0.1, 0.15) is 27.2 Å². The maximum atomic E-state index is 13.4. The van der Waals surface area contributed by atoms with Gasteiger partial charge in [0.05, 0.1) is 16.6 Å². The smallest absolute Gasteiger partial charge is 0.231 e. The molecule has 0 atom stereocenters. The first-order chi connectivity index (χ1) is 8.00. The quantitative estimate of drug-likeness (QED) is 0.868. The minimum absolute atomic E-state index is 0.0654. The number of Topliss-reactive ketones (excluding diaryl/α,β-unsaturated/α-hetero) is 1. The fourth-order valence-electron chi connectivity index (χ4n) is 1.02. The van der Waals surface area contributed by atoms with Crippen LogP contribution in [0.15, 0.2) is 22.7 Å². The molecule has 0 unspecified atom stereocenters. The van der Waals surface area contributed by atoms with Gasteiger partial charge in [-0.1, -0.05) is 19.9 Å². The van der Waals surface area contributed by atoms with E-state index in [1.807, 2.05) is 13.8 Å². The van der Waals surface area contributed by atoms with E-state index in [1.54, 1.807) is 6.07 Å². The molecule has 0 aliphatic carbocycles. The van der Waals surface area contributed by atoms with Gasteiger partial charge in [0.25, 0.3) is 0 Å². The molecule has 3 nitrogen and oxygen atoms in total. The molecule has 1 amide bonds. The topological polar surface area (TPSA) is 46.2 Å². The van der Waals surface area contributed by atoms with Crippen molar-refractivity contribution in [2.45, 2.75) is 27.2 Å². The zero-order valence-corrected chi connectivity index (χ0v) is 11.6. The number of carbonyl (C=O) groups is 2. The molecule has 17 heavy (non-hydrogen) atoms. The summed E-state index contributed by atoms with van der Waals surface area (Å²) in [6.07, 6.45) is -0.244. The molecule has 94 valence electrons. The van der Waals surface area contributed by atoms with Gasteiger partial charge in [-0.25, -0.2) is 4.39 Å². The lowest BCUT2D eigenvalue weighted by Gasteiger charge is -2.05. The van der Waals surface area contributed by atoms with Crippen LogP contribution in [0.2, 0.25) is 0 Å². The molecule has 0 saturated carbocycles. The number of hydrogen-bond acceptors (Lipinski definition) is 2. The summed E-state index contributed by atoms with van der Waals surface area (Å²) >= 11 is 2.99. The number of carbonyl (C=O) groups excluding carboxylic acids is 2. The summed E-state index contributed by atoms with van der Waals surface area (Å²) < 4.78 is 13.6. The standard InChI is InChI=1S/C10H9BrFNO2.C2H6/c1-6(14)5-9(15)13-8-4-2-3-7(11)10(8)12;1-2/h2-4H,5H2,1H3,(H,13,15);1-2H3. The molecule has 0 aliphatic heterocycles. The molecule has 0 heterocycles. The number of amides is 1. The minimum atomic E-state index is -0.547. The molecule has 0 bridgehead atoms. The Morgan fingerprint density at radius 2 is 1.94 bits per heavy atom. The van der Waals surface area contributed by atoms with Gasteiger partial charge in [0.15, 0.2) is 5.82 Å². The predicted molar refractivity (Wildman–Crippen MR) is 69.4 cm³/mol. The van der Waals surface area contributed by atoms with Gasteiger partial charge in [0.2, 0.25) is 5.91 Å². The van der Waals surface area contributed by atoms with E-state index in [9.17, 15) is 14.0 Å². The third-order valence-corrected chi connectivity index (χ3v) is 2.25. The fraction of sp³-hybridized carbons (Fsp3) is 0.333. The first kappa shape index (κ1) is 15.8. The molecule has 1 aromatic carbocycles. The van der Waals surface area contributed by atoms with Crippen molar-refractivity contribution < 1.29 is 14.0 Å². The molecule has 0 radical (unpaired) electrons. The number of benzene rings is 1. The Hall–Kier alpha value is -1.23. The van der Waals surface area contributed by atoms with Crippen molar-refractivity contribution in [2.75, 3.05) is 5.32 Å². The molecule has 1 N–H and O–H groups in total. The molecule has 5 heteroatoms. The molecular formula is C12H15BrFNO2. The van der Waals surface area contributed by atoms with E-state index in [0.29, 0.717) is 0 Å². The van der Waals surface area contributed by atoms with Crippen molar-refractivity contribution in [2.24, 2.45) is 0 Å². The van der Waals surface area contributed by atoms with Crippen LogP contribution in [0.4, 0.5) is 10.1 Å². The summed E-state index contributed by atoms with van der Waals surface area (Å²) in [5.41, 5.74) is 0.0654. The predicted octanol–water partition coefficient (Wildman–Crippen LogP) is 3.53. The lowest BCUT2D eigenvalue weighted by atomic mass is 10.2. The minimum Gasteiger partial charge on any atom is -0.323 e. The van der Waals surface area contributed by atoms with Crippen molar-refractivity contribution in [3.8, 4) is 0 Å². The normalized spacial score (nSPS) is 9.00. The van der Waals surface area contributed by atoms with E-state index in [-0.39, 0.29) is 22.4 Å². The summed E-state index contributed by atoms with van der Waals surface area (Å²) in [6, 6.07) is 4.55. The maximum Gasteiger partial charge on any atom is 0.231 e. The summed E-state index contributed by atoms with van der Waals surface area (Å²) in [4.78, 5) is 21.8. The van der Waals surface area contributed by atoms with Gasteiger partial charge in [-0.05, 0) is 35.0 Å². The van der Waals surface area contributed by atoms with E-state index < -0.39 is 11.7 Å². The van der Waals surface area contributed by atoms with E-state index in [1.165, 1.54) is 19.1 Å². The molecular weight excluding hydrogens is 289 g/mol. The van der Waals surface area contributed by atoms with E-state index in [2.05, 4.69) is 21.2 Å². The van der Waals surface area contributed by atoms with Crippen LogP contribution in [-0.4, -0.2) is 11.7 Å². The Kier molecular flexibility index (Phi) is 7.37. The number of rotatable bonds is 3. The number of anilines is 1. The third-order valence-electron chi connectivity index (χ3n) is 1.64. The molecule has 0 aliphatic rings. The number of nitrogens with one attached hydrogen (secondary N) is 1. The van der Waals surface area contributed by atoms with Crippen LogP contribution in [0.25, 0.3) is 0 Å². The highest BCUT2D eigenvalue weighted by Crippen LogP contribution is 2.22. The summed E-state index contributed by atoms with van der Waals surface area (Å²) in [5.74, 6) is -1.32. The highest BCUT2D eigenvalue weighted by atomic mass is 79.9. The Morgan fingerprint density at radius 1 is 1.35 bits per heavy atom. The SMILES string of the molecule is CC.CC(=O)CC(=O)Nc1cccc(Br)c1F. The van der Waals surface area contributed by atoms with Gasteiger partial charge in [-0.2, -0.15) is 0 Å². The summed E-state index contributed by atoms with van der Waals surface area (Å²) in [6.45, 7) is 5.30. The summed E-state index contributed by atoms with van der Waals surface area (Å²) in [7, 11) is 0. The Bertz CT molecular complexity index is 407. The fourth-order valence-corrected chi connectivity index (χ4v) is 1.39. The lowest BCUT2D eigenvalue weighted by Crippen LogP contribution is -2.15. The van der Waals surface area contributed by atoms with Crippen molar-refractivity contribution in [3.05, 3.63) is 28.5 Å². The van der Waals surface area contributed by atoms with Crippen LogP contribution >= 0.6 is 15.9 Å².